The van der Waals surface area contributed by atoms with Gasteiger partial charge in [0.1, 0.15) is 23.0 Å². The van der Waals surface area contributed by atoms with Crippen LogP contribution >= 0.6 is 0 Å². The molecule has 0 aliphatic heterocycles. The maximum atomic E-state index is 15.1. The third kappa shape index (κ3) is 6.80. The van der Waals surface area contributed by atoms with Crippen LogP contribution < -0.4 is 9.74 Å². The summed E-state index contributed by atoms with van der Waals surface area (Å²) in [4.78, 5) is 21.2. The molecule has 4 rings (SSSR count). The van der Waals surface area contributed by atoms with Crippen LogP contribution in [0.3, 0.4) is 0 Å². The Kier molecular flexibility index (Phi) is 8.01. The Morgan fingerprint density at radius 2 is 1.87 bits per heavy atom. The number of halogens is 1. The monoisotopic (exact) mass is 545 g/mol. The molecule has 0 unspecified atom stereocenters. The Hall–Kier alpha value is -4.24. The minimum Gasteiger partial charge on any atom is -0.543 e. The van der Waals surface area contributed by atoms with Gasteiger partial charge in [-0.3, -0.25) is 0 Å². The second kappa shape index (κ2) is 11.2. The molecule has 0 saturated carbocycles. The fraction of sp³-hybridized carbons (Fsp3) is 0.233. The summed E-state index contributed by atoms with van der Waals surface area (Å²) in [5.41, 5.74) is 1.83. The lowest BCUT2D eigenvalue weighted by atomic mass is 10.1. The van der Waals surface area contributed by atoms with Crippen molar-refractivity contribution in [2.45, 2.75) is 45.3 Å². The van der Waals surface area contributed by atoms with Crippen LogP contribution in [0.25, 0.3) is 17.3 Å². The minimum absolute atomic E-state index is 0.0253. The molecule has 2 heterocycles. The second-order valence-corrected chi connectivity index (χ2v) is 15.4. The van der Waals surface area contributed by atoms with Crippen molar-refractivity contribution in [2.24, 2.45) is 0 Å². The number of hydrogen-bond donors (Lipinski definition) is 2. The molecule has 9 heteroatoms. The van der Waals surface area contributed by atoms with Crippen LogP contribution in [0.15, 0.2) is 83.2 Å². The van der Waals surface area contributed by atoms with Crippen molar-refractivity contribution >= 4 is 26.2 Å². The SMILES string of the molecule is CC(C)(C)[Si](C)(C)Oc1ccc(F)c(-c2cnc(N/C(=C\c3ccco3)C(=O)O)c(Cc3ccccc3)n2)c1. The van der Waals surface area contributed by atoms with Gasteiger partial charge in [-0.05, 0) is 54.0 Å². The maximum Gasteiger partial charge on any atom is 0.352 e. The van der Waals surface area contributed by atoms with Gasteiger partial charge in [0, 0.05) is 18.1 Å². The van der Waals surface area contributed by atoms with Crippen molar-refractivity contribution in [2.75, 3.05) is 5.32 Å². The van der Waals surface area contributed by atoms with E-state index in [0.717, 1.165) is 5.56 Å². The van der Waals surface area contributed by atoms with Crippen LogP contribution in [-0.4, -0.2) is 29.4 Å². The van der Waals surface area contributed by atoms with Gasteiger partial charge < -0.3 is 19.3 Å². The first-order valence-corrected chi connectivity index (χ1v) is 15.5. The quantitative estimate of drug-likeness (QED) is 0.167. The number of aromatic nitrogens is 2. The zero-order valence-electron chi connectivity index (χ0n) is 22.7. The van der Waals surface area contributed by atoms with E-state index in [0.29, 0.717) is 29.3 Å². The first kappa shape index (κ1) is 27.8. The molecule has 4 aromatic rings. The molecule has 2 aromatic carbocycles. The maximum absolute atomic E-state index is 15.1. The van der Waals surface area contributed by atoms with Crippen LogP contribution in [0.5, 0.6) is 5.75 Å². The smallest absolute Gasteiger partial charge is 0.352 e. The highest BCUT2D eigenvalue weighted by Crippen LogP contribution is 2.38. The van der Waals surface area contributed by atoms with Crippen LogP contribution in [0.1, 0.15) is 37.8 Å². The van der Waals surface area contributed by atoms with Crippen molar-refractivity contribution in [3.63, 3.8) is 0 Å². The van der Waals surface area contributed by atoms with Gasteiger partial charge in [-0.2, -0.15) is 0 Å². The minimum atomic E-state index is -2.15. The topological polar surface area (TPSA) is 97.5 Å². The van der Waals surface area contributed by atoms with Crippen molar-refractivity contribution in [1.82, 2.24) is 9.97 Å². The molecule has 0 fully saturated rings. The van der Waals surface area contributed by atoms with Gasteiger partial charge >= 0.3 is 5.97 Å². The normalized spacial score (nSPS) is 12.3. The fourth-order valence-electron chi connectivity index (χ4n) is 3.58. The molecule has 39 heavy (non-hydrogen) atoms. The van der Waals surface area contributed by atoms with E-state index in [1.54, 1.807) is 24.3 Å². The highest BCUT2D eigenvalue weighted by molar-refractivity contribution is 6.74. The average molecular weight is 546 g/mol. The summed E-state index contributed by atoms with van der Waals surface area (Å²) < 4.78 is 26.7. The molecule has 0 atom stereocenters. The first-order chi connectivity index (χ1) is 18.4. The molecular weight excluding hydrogens is 513 g/mol. The lowest BCUT2D eigenvalue weighted by molar-refractivity contribution is -0.132. The van der Waals surface area contributed by atoms with Gasteiger partial charge in [-0.1, -0.05) is 51.1 Å². The van der Waals surface area contributed by atoms with Crippen LogP contribution in [-0.2, 0) is 11.2 Å². The van der Waals surface area contributed by atoms with E-state index in [2.05, 4.69) is 44.2 Å². The number of nitrogens with one attached hydrogen (secondary N) is 1. The Morgan fingerprint density at radius 1 is 1.13 bits per heavy atom. The van der Waals surface area contributed by atoms with Gasteiger partial charge in [0.05, 0.1) is 23.8 Å². The third-order valence-electron chi connectivity index (χ3n) is 6.77. The van der Waals surface area contributed by atoms with Gasteiger partial charge in [0.15, 0.2) is 5.82 Å². The number of aliphatic carboxylic acids is 1. The highest BCUT2D eigenvalue weighted by Gasteiger charge is 2.39. The van der Waals surface area contributed by atoms with Crippen LogP contribution in [0, 0.1) is 5.82 Å². The van der Waals surface area contributed by atoms with E-state index in [1.807, 2.05) is 30.3 Å². The molecule has 0 aliphatic rings. The highest BCUT2D eigenvalue weighted by atomic mass is 28.4. The number of furan rings is 1. The van der Waals surface area contributed by atoms with E-state index in [1.165, 1.54) is 24.6 Å². The Bertz CT molecular complexity index is 1480. The predicted molar refractivity (Wildman–Crippen MR) is 152 cm³/mol. The third-order valence-corrected chi connectivity index (χ3v) is 11.1. The van der Waals surface area contributed by atoms with E-state index in [-0.39, 0.29) is 22.1 Å². The lowest BCUT2D eigenvalue weighted by Crippen LogP contribution is -2.43. The zero-order valence-corrected chi connectivity index (χ0v) is 23.7. The molecule has 0 radical (unpaired) electrons. The Labute approximate surface area is 228 Å². The molecule has 0 bridgehead atoms. The van der Waals surface area contributed by atoms with Gasteiger partial charge in [0.2, 0.25) is 8.32 Å². The van der Waals surface area contributed by atoms with Crippen molar-refractivity contribution in [3.05, 3.63) is 102 Å². The summed E-state index contributed by atoms with van der Waals surface area (Å²) in [6.07, 6.45) is 4.60. The molecule has 2 N–H and O–H groups in total. The number of nitrogens with zero attached hydrogens (tertiary/aromatic N) is 2. The van der Waals surface area contributed by atoms with Crippen LogP contribution in [0.2, 0.25) is 18.1 Å². The molecule has 2 aromatic heterocycles. The molecular formula is C30H32FN3O4Si. The lowest BCUT2D eigenvalue weighted by Gasteiger charge is -2.36. The van der Waals surface area contributed by atoms with E-state index in [4.69, 9.17) is 13.8 Å². The number of hydrogen-bond acceptors (Lipinski definition) is 6. The second-order valence-electron chi connectivity index (χ2n) is 10.7. The first-order valence-electron chi connectivity index (χ1n) is 12.6. The number of carboxylic acids is 1. The summed E-state index contributed by atoms with van der Waals surface area (Å²) in [5, 5.41) is 12.6. The molecule has 202 valence electrons. The van der Waals surface area contributed by atoms with Crippen molar-refractivity contribution < 1.29 is 23.1 Å². The zero-order chi connectivity index (χ0) is 28.2. The molecule has 0 amide bonds. The number of carboxylic acid groups (broad SMARTS) is 1. The predicted octanol–water partition coefficient (Wildman–Crippen LogP) is 7.39. The molecule has 0 spiro atoms. The largest absolute Gasteiger partial charge is 0.543 e. The average Bonchev–Trinajstić information content (AvgIpc) is 3.39. The standard InChI is InChI=1S/C30H32FN3O4Si/c1-30(2,3)39(4,5)38-22-13-14-24(31)23(17-22)27-19-32-28(25(33-27)16-20-10-7-6-8-11-20)34-26(29(35)36)18-21-12-9-15-37-21/h6-15,17-19H,16H2,1-5H3,(H,32,34)(H,35,36)/b26-18-. The Balaban J connectivity index is 1.75. The molecule has 0 saturated heterocycles. The summed E-state index contributed by atoms with van der Waals surface area (Å²) in [6, 6.07) is 17.5. The number of benzene rings is 2. The van der Waals surface area contributed by atoms with E-state index in [9.17, 15) is 9.90 Å². The number of rotatable bonds is 9. The van der Waals surface area contributed by atoms with E-state index >= 15 is 4.39 Å². The van der Waals surface area contributed by atoms with Gasteiger partial charge in [0.25, 0.3) is 0 Å². The number of anilines is 1. The van der Waals surface area contributed by atoms with Crippen LogP contribution in [0.4, 0.5) is 10.2 Å². The van der Waals surface area contributed by atoms with E-state index < -0.39 is 20.1 Å². The Morgan fingerprint density at radius 3 is 2.51 bits per heavy atom. The summed E-state index contributed by atoms with van der Waals surface area (Å²) in [6.45, 7) is 10.7. The molecule has 7 nitrogen and oxygen atoms in total. The van der Waals surface area contributed by atoms with Crippen molar-refractivity contribution in [1.29, 1.82) is 0 Å². The number of carbonyl (C=O) groups is 1. The molecule has 0 aliphatic carbocycles. The summed E-state index contributed by atoms with van der Waals surface area (Å²) in [7, 11) is -2.15. The van der Waals surface area contributed by atoms with Gasteiger partial charge in [-0.25, -0.2) is 19.2 Å². The fourth-order valence-corrected chi connectivity index (χ4v) is 4.60. The summed E-state index contributed by atoms with van der Waals surface area (Å²) in [5.74, 6) is -0.459. The van der Waals surface area contributed by atoms with Crippen molar-refractivity contribution in [3.8, 4) is 17.0 Å². The summed E-state index contributed by atoms with van der Waals surface area (Å²) >= 11 is 0. The van der Waals surface area contributed by atoms with Gasteiger partial charge in [-0.15, -0.1) is 0 Å².